The quantitative estimate of drug-likeness (QED) is 0.500. The second kappa shape index (κ2) is 7.03. The van der Waals surface area contributed by atoms with Gasteiger partial charge in [-0.3, -0.25) is 9.36 Å². The topological polar surface area (TPSA) is 58.7 Å². The van der Waals surface area contributed by atoms with Crippen molar-refractivity contribution in [1.82, 2.24) is 9.55 Å². The fourth-order valence-corrected chi connectivity index (χ4v) is 4.81. The predicted octanol–water partition coefficient (Wildman–Crippen LogP) is 4.55. The minimum atomic E-state index is -0.0414. The number of hydrogen-bond acceptors (Lipinski definition) is 5. The van der Waals surface area contributed by atoms with Crippen LogP contribution in [0.1, 0.15) is 28.5 Å². The third-order valence-corrected chi connectivity index (χ3v) is 6.07. The van der Waals surface area contributed by atoms with E-state index in [2.05, 4.69) is 13.0 Å². The smallest absolute Gasteiger partial charge is 0.267 e. The molecule has 0 atom stereocenters. The van der Waals surface area contributed by atoms with Crippen LogP contribution in [0.5, 0.6) is 0 Å². The summed E-state index contributed by atoms with van der Waals surface area (Å²) in [4.78, 5) is 20.0. The third kappa shape index (κ3) is 3.10. The number of aromatic nitrogens is 2. The zero-order valence-electron chi connectivity index (χ0n) is 14.7. The molecule has 0 bridgehead atoms. The van der Waals surface area contributed by atoms with E-state index in [1.54, 1.807) is 15.9 Å². The molecule has 0 amide bonds. The van der Waals surface area contributed by atoms with E-state index in [1.165, 1.54) is 11.8 Å². The Balaban J connectivity index is 2.42. The van der Waals surface area contributed by atoms with Crippen molar-refractivity contribution >= 4 is 33.3 Å². The lowest BCUT2D eigenvalue weighted by atomic mass is 10.1. The molecular weight excluding hydrogens is 350 g/mol. The summed E-state index contributed by atoms with van der Waals surface area (Å²) < 4.78 is 1.68. The Labute approximate surface area is 155 Å². The summed E-state index contributed by atoms with van der Waals surface area (Å²) >= 11 is 2.86. The number of fused-ring (bicyclic) bond motifs is 1. The highest BCUT2D eigenvalue weighted by Gasteiger charge is 2.19. The molecule has 3 aromatic rings. The first-order valence-electron chi connectivity index (χ1n) is 8.10. The van der Waals surface area contributed by atoms with Crippen molar-refractivity contribution in [2.45, 2.75) is 39.3 Å². The van der Waals surface area contributed by atoms with E-state index in [9.17, 15) is 4.79 Å². The van der Waals surface area contributed by atoms with E-state index in [0.717, 1.165) is 38.5 Å². The van der Waals surface area contributed by atoms with Gasteiger partial charge >= 0.3 is 0 Å². The van der Waals surface area contributed by atoms with Crippen molar-refractivity contribution in [3.05, 3.63) is 50.1 Å². The van der Waals surface area contributed by atoms with Crippen molar-refractivity contribution < 1.29 is 0 Å². The van der Waals surface area contributed by atoms with Crippen LogP contribution in [0, 0.1) is 32.1 Å². The Morgan fingerprint density at radius 1 is 1.32 bits per heavy atom. The molecule has 0 radical (unpaired) electrons. The van der Waals surface area contributed by atoms with Crippen molar-refractivity contribution in [1.29, 1.82) is 5.26 Å². The molecule has 2 aromatic heterocycles. The summed E-state index contributed by atoms with van der Waals surface area (Å²) in [6, 6.07) is 8.18. The van der Waals surface area contributed by atoms with E-state index < -0.39 is 0 Å². The molecule has 0 saturated carbocycles. The summed E-state index contributed by atoms with van der Waals surface area (Å²) in [6.45, 7) is 8.10. The number of nitrogens with zero attached hydrogens (tertiary/aromatic N) is 3. The molecule has 6 heteroatoms. The van der Waals surface area contributed by atoms with E-state index in [4.69, 9.17) is 10.2 Å². The van der Waals surface area contributed by atoms with Crippen LogP contribution in [0.15, 0.2) is 28.2 Å². The monoisotopic (exact) mass is 369 g/mol. The van der Waals surface area contributed by atoms with Crippen LogP contribution in [-0.2, 0) is 6.42 Å². The number of aryl methyl sites for hydroxylation is 4. The number of benzene rings is 1. The molecule has 0 aliphatic carbocycles. The largest absolute Gasteiger partial charge is 0.268 e. The van der Waals surface area contributed by atoms with Crippen molar-refractivity contribution in [2.75, 3.05) is 5.75 Å². The van der Waals surface area contributed by atoms with Crippen LogP contribution in [0.3, 0.4) is 0 Å². The standard InChI is InChI=1S/C19H19N3OS2/c1-5-14-13(4)25-17-16(14)18(23)22(19(21-17)24-9-8-20)15-10-11(2)6-7-12(15)3/h6-7,10H,5,9H2,1-4H3. The van der Waals surface area contributed by atoms with E-state index in [1.807, 2.05) is 39.0 Å². The van der Waals surface area contributed by atoms with Crippen LogP contribution >= 0.6 is 23.1 Å². The fourth-order valence-electron chi connectivity index (χ4n) is 2.99. The number of nitriles is 1. The van der Waals surface area contributed by atoms with Crippen LogP contribution in [0.25, 0.3) is 15.9 Å². The lowest BCUT2D eigenvalue weighted by Gasteiger charge is -2.14. The molecule has 0 saturated heterocycles. The molecule has 0 spiro atoms. The van der Waals surface area contributed by atoms with Gasteiger partial charge in [-0.25, -0.2) is 4.98 Å². The minimum absolute atomic E-state index is 0.0414. The highest BCUT2D eigenvalue weighted by molar-refractivity contribution is 7.99. The van der Waals surface area contributed by atoms with Gasteiger partial charge in [0.2, 0.25) is 0 Å². The predicted molar refractivity (Wildman–Crippen MR) is 105 cm³/mol. The maximum absolute atomic E-state index is 13.4. The Morgan fingerprint density at radius 3 is 2.76 bits per heavy atom. The van der Waals surface area contributed by atoms with Gasteiger partial charge in [-0.1, -0.05) is 30.8 Å². The van der Waals surface area contributed by atoms with Gasteiger partial charge in [0.25, 0.3) is 5.56 Å². The first-order chi connectivity index (χ1) is 12.0. The Kier molecular flexibility index (Phi) is 4.98. The molecule has 0 unspecified atom stereocenters. The summed E-state index contributed by atoms with van der Waals surface area (Å²) in [5.74, 6) is 0.258. The third-order valence-electron chi connectivity index (χ3n) is 4.22. The molecular formula is C19H19N3OS2. The normalized spacial score (nSPS) is 11.0. The second-order valence-corrected chi connectivity index (χ2v) is 8.09. The van der Waals surface area contributed by atoms with Gasteiger partial charge in [0.1, 0.15) is 4.83 Å². The number of rotatable bonds is 4. The minimum Gasteiger partial charge on any atom is -0.268 e. The summed E-state index contributed by atoms with van der Waals surface area (Å²) in [7, 11) is 0. The molecule has 25 heavy (non-hydrogen) atoms. The molecule has 0 N–H and O–H groups in total. The average molecular weight is 370 g/mol. The van der Waals surface area contributed by atoms with Crippen molar-refractivity contribution in [3.63, 3.8) is 0 Å². The lowest BCUT2D eigenvalue weighted by Crippen LogP contribution is -2.22. The van der Waals surface area contributed by atoms with E-state index >= 15 is 0 Å². The summed E-state index contributed by atoms with van der Waals surface area (Å²) in [6.07, 6.45) is 0.806. The first kappa shape index (κ1) is 17.7. The molecule has 0 fully saturated rings. The van der Waals surface area contributed by atoms with Crippen LogP contribution in [-0.4, -0.2) is 15.3 Å². The molecule has 4 nitrogen and oxygen atoms in total. The Bertz CT molecular complexity index is 1060. The lowest BCUT2D eigenvalue weighted by molar-refractivity contribution is 0.816. The molecule has 128 valence electrons. The summed E-state index contributed by atoms with van der Waals surface area (Å²) in [5.41, 5.74) is 3.97. The van der Waals surface area contributed by atoms with Gasteiger partial charge < -0.3 is 0 Å². The van der Waals surface area contributed by atoms with Gasteiger partial charge in [0.05, 0.1) is 22.9 Å². The molecule has 2 heterocycles. The highest BCUT2D eigenvalue weighted by Crippen LogP contribution is 2.31. The Morgan fingerprint density at radius 2 is 2.08 bits per heavy atom. The Hall–Kier alpha value is -2.10. The van der Waals surface area contributed by atoms with Crippen LogP contribution in [0.4, 0.5) is 0 Å². The van der Waals surface area contributed by atoms with E-state index in [-0.39, 0.29) is 11.3 Å². The molecule has 0 aliphatic rings. The average Bonchev–Trinajstić information content (AvgIpc) is 2.91. The summed E-state index contributed by atoms with van der Waals surface area (Å²) in [5, 5.41) is 10.3. The number of thioether (sulfide) groups is 1. The second-order valence-electron chi connectivity index (χ2n) is 5.94. The van der Waals surface area contributed by atoms with Gasteiger partial charge in [0.15, 0.2) is 5.16 Å². The maximum Gasteiger partial charge on any atom is 0.267 e. The zero-order valence-corrected chi connectivity index (χ0v) is 16.3. The van der Waals surface area contributed by atoms with Crippen molar-refractivity contribution in [3.8, 4) is 11.8 Å². The number of thiophene rings is 1. The van der Waals surface area contributed by atoms with E-state index in [0.29, 0.717) is 10.5 Å². The SMILES string of the molecule is CCc1c(C)sc2nc(SCC#N)n(-c3cc(C)ccc3C)c(=O)c12. The van der Waals surface area contributed by atoms with Gasteiger partial charge in [-0.2, -0.15) is 5.26 Å². The fraction of sp³-hybridized carbons (Fsp3) is 0.316. The van der Waals surface area contributed by atoms with Crippen LogP contribution in [0.2, 0.25) is 0 Å². The molecule has 0 aliphatic heterocycles. The van der Waals surface area contributed by atoms with Crippen molar-refractivity contribution in [2.24, 2.45) is 0 Å². The number of hydrogen-bond donors (Lipinski definition) is 0. The highest BCUT2D eigenvalue weighted by atomic mass is 32.2. The maximum atomic E-state index is 13.4. The van der Waals surface area contributed by atoms with Gasteiger partial charge in [-0.05, 0) is 49.9 Å². The zero-order chi connectivity index (χ0) is 18.1. The molecule has 3 rings (SSSR count). The molecule has 1 aromatic carbocycles. The van der Waals surface area contributed by atoms with Gasteiger partial charge in [-0.15, -0.1) is 11.3 Å². The van der Waals surface area contributed by atoms with Gasteiger partial charge in [0, 0.05) is 4.88 Å². The first-order valence-corrected chi connectivity index (χ1v) is 9.90. The van der Waals surface area contributed by atoms with Crippen LogP contribution < -0.4 is 5.56 Å².